The molecule has 5 heteroatoms. The van der Waals surface area contributed by atoms with Crippen LogP contribution in [0.1, 0.15) is 26.2 Å². The third kappa shape index (κ3) is 3.52. The lowest BCUT2D eigenvalue weighted by Gasteiger charge is -2.56. The molecule has 1 spiro atoms. The predicted octanol–water partition coefficient (Wildman–Crippen LogP) is 2.46. The lowest BCUT2D eigenvalue weighted by molar-refractivity contribution is -0.209. The highest BCUT2D eigenvalue weighted by atomic mass is 19.1. The maximum absolute atomic E-state index is 12.8. The van der Waals surface area contributed by atoms with Crippen LogP contribution < -0.4 is 4.74 Å². The Balaban J connectivity index is 1.42. The van der Waals surface area contributed by atoms with E-state index >= 15 is 0 Å². The first-order valence-electron chi connectivity index (χ1n) is 8.54. The second-order valence-corrected chi connectivity index (χ2v) is 6.57. The predicted molar refractivity (Wildman–Crippen MR) is 86.0 cm³/mol. The fourth-order valence-electron chi connectivity index (χ4n) is 3.83. The zero-order chi connectivity index (χ0) is 16.3. The summed E-state index contributed by atoms with van der Waals surface area (Å²) in [5.41, 5.74) is -0.0235. The summed E-state index contributed by atoms with van der Waals surface area (Å²) >= 11 is 0. The van der Waals surface area contributed by atoms with E-state index in [4.69, 9.17) is 9.47 Å². The Morgan fingerprint density at radius 2 is 1.96 bits per heavy atom. The van der Waals surface area contributed by atoms with Crippen molar-refractivity contribution in [2.75, 3.05) is 32.8 Å². The zero-order valence-corrected chi connectivity index (χ0v) is 13.7. The van der Waals surface area contributed by atoms with Crippen LogP contribution in [0.3, 0.4) is 0 Å². The molecule has 128 valence electrons. The van der Waals surface area contributed by atoms with E-state index in [1.165, 1.54) is 12.1 Å². The fraction of sp³-hybridized carbons (Fsp3) is 0.667. The molecule has 1 saturated heterocycles. The monoisotopic (exact) mass is 323 g/mol. The van der Waals surface area contributed by atoms with Gasteiger partial charge in [-0.2, -0.15) is 0 Å². The van der Waals surface area contributed by atoms with Crippen LogP contribution in [0.25, 0.3) is 0 Å². The maximum Gasteiger partial charge on any atom is 0.123 e. The minimum atomic E-state index is -0.249. The van der Waals surface area contributed by atoms with Crippen LogP contribution in [0.2, 0.25) is 0 Å². The van der Waals surface area contributed by atoms with Crippen molar-refractivity contribution in [3.63, 3.8) is 0 Å². The molecule has 3 rings (SSSR count). The third-order valence-electron chi connectivity index (χ3n) is 5.39. The van der Waals surface area contributed by atoms with Gasteiger partial charge in [0.1, 0.15) is 18.2 Å². The molecule has 1 aromatic rings. The molecule has 2 atom stereocenters. The molecule has 23 heavy (non-hydrogen) atoms. The molecule has 2 unspecified atom stereocenters. The molecule has 1 saturated carbocycles. The van der Waals surface area contributed by atoms with Crippen LogP contribution in [0.15, 0.2) is 24.3 Å². The first-order chi connectivity index (χ1) is 11.1. The Kier molecular flexibility index (Phi) is 5.19. The van der Waals surface area contributed by atoms with Gasteiger partial charge in [0.05, 0.1) is 12.2 Å². The highest BCUT2D eigenvalue weighted by Crippen LogP contribution is 2.50. The summed E-state index contributed by atoms with van der Waals surface area (Å²) in [5.74, 6) is 0.451. The number of ether oxygens (including phenoxy) is 2. The Morgan fingerprint density at radius 3 is 2.57 bits per heavy atom. The number of likely N-dealkylation sites (tertiary alicyclic amines) is 1. The zero-order valence-electron chi connectivity index (χ0n) is 13.7. The van der Waals surface area contributed by atoms with Gasteiger partial charge in [0.2, 0.25) is 0 Å². The van der Waals surface area contributed by atoms with Crippen molar-refractivity contribution < 1.29 is 19.0 Å². The van der Waals surface area contributed by atoms with Gasteiger partial charge in [-0.05, 0) is 57.1 Å². The Labute approximate surface area is 137 Å². The van der Waals surface area contributed by atoms with E-state index in [-0.39, 0.29) is 23.4 Å². The first kappa shape index (κ1) is 16.7. The van der Waals surface area contributed by atoms with Crippen LogP contribution in [0.5, 0.6) is 5.75 Å². The first-order valence-corrected chi connectivity index (χ1v) is 8.54. The molecular weight excluding hydrogens is 297 g/mol. The highest BCUT2D eigenvalue weighted by Gasteiger charge is 2.55. The van der Waals surface area contributed by atoms with Gasteiger partial charge in [-0.1, -0.05) is 0 Å². The number of benzene rings is 1. The van der Waals surface area contributed by atoms with Crippen molar-refractivity contribution in [3.05, 3.63) is 30.1 Å². The molecule has 1 aliphatic heterocycles. The van der Waals surface area contributed by atoms with E-state index < -0.39 is 0 Å². The number of rotatable bonds is 6. The Bertz CT molecular complexity index is 497. The van der Waals surface area contributed by atoms with E-state index in [9.17, 15) is 9.50 Å². The SMILES string of the molecule is CCOC1CC(O)C12CCN(CCOc1ccc(F)cc1)CC2. The maximum atomic E-state index is 12.8. The third-order valence-corrected chi connectivity index (χ3v) is 5.39. The lowest BCUT2D eigenvalue weighted by Crippen LogP contribution is -2.62. The number of aliphatic hydroxyl groups is 1. The topological polar surface area (TPSA) is 41.9 Å². The van der Waals surface area contributed by atoms with E-state index in [0.717, 1.165) is 38.9 Å². The van der Waals surface area contributed by atoms with E-state index in [1.807, 2.05) is 6.92 Å². The fourth-order valence-corrected chi connectivity index (χ4v) is 3.83. The summed E-state index contributed by atoms with van der Waals surface area (Å²) < 4.78 is 24.3. The van der Waals surface area contributed by atoms with Crippen molar-refractivity contribution >= 4 is 0 Å². The summed E-state index contributed by atoms with van der Waals surface area (Å²) in [4.78, 5) is 2.36. The highest BCUT2D eigenvalue weighted by molar-refractivity contribution is 5.22. The summed E-state index contributed by atoms with van der Waals surface area (Å²) in [7, 11) is 0. The molecule has 0 radical (unpaired) electrons. The van der Waals surface area contributed by atoms with Crippen molar-refractivity contribution in [2.24, 2.45) is 5.41 Å². The van der Waals surface area contributed by atoms with Crippen LogP contribution in [-0.4, -0.2) is 55.1 Å². The van der Waals surface area contributed by atoms with Gasteiger partial charge in [0.15, 0.2) is 0 Å². The summed E-state index contributed by atoms with van der Waals surface area (Å²) in [6.45, 7) is 6.11. The van der Waals surface area contributed by atoms with Gasteiger partial charge in [0, 0.05) is 25.0 Å². The van der Waals surface area contributed by atoms with E-state index in [2.05, 4.69) is 4.90 Å². The number of hydrogen-bond donors (Lipinski definition) is 1. The van der Waals surface area contributed by atoms with E-state index in [1.54, 1.807) is 12.1 Å². The largest absolute Gasteiger partial charge is 0.492 e. The molecule has 0 aromatic heterocycles. The molecule has 4 nitrogen and oxygen atoms in total. The van der Waals surface area contributed by atoms with Crippen LogP contribution >= 0.6 is 0 Å². The van der Waals surface area contributed by atoms with Gasteiger partial charge in [-0.3, -0.25) is 4.90 Å². The number of hydrogen-bond acceptors (Lipinski definition) is 4. The summed E-state index contributed by atoms with van der Waals surface area (Å²) in [6, 6.07) is 6.12. The van der Waals surface area contributed by atoms with Crippen molar-refractivity contribution in [1.29, 1.82) is 0 Å². The molecule has 2 fully saturated rings. The quantitative estimate of drug-likeness (QED) is 0.873. The number of piperidine rings is 1. The molecule has 1 heterocycles. The summed E-state index contributed by atoms with van der Waals surface area (Å²) in [5, 5.41) is 10.2. The number of nitrogens with zero attached hydrogens (tertiary/aromatic N) is 1. The minimum absolute atomic E-state index is 0.0235. The minimum Gasteiger partial charge on any atom is -0.492 e. The van der Waals surface area contributed by atoms with E-state index in [0.29, 0.717) is 19.0 Å². The average Bonchev–Trinajstić information content (AvgIpc) is 2.57. The van der Waals surface area contributed by atoms with Crippen LogP contribution in [-0.2, 0) is 4.74 Å². The van der Waals surface area contributed by atoms with Crippen LogP contribution in [0.4, 0.5) is 4.39 Å². The molecular formula is C18H26FNO3. The van der Waals surface area contributed by atoms with Gasteiger partial charge < -0.3 is 14.6 Å². The lowest BCUT2D eigenvalue weighted by atomic mass is 9.58. The Hall–Kier alpha value is -1.17. The number of aliphatic hydroxyl groups excluding tert-OH is 1. The summed E-state index contributed by atoms with van der Waals surface area (Å²) in [6.07, 6.45) is 2.75. The molecule has 0 bridgehead atoms. The van der Waals surface area contributed by atoms with Crippen LogP contribution in [0, 0.1) is 11.2 Å². The number of halogens is 1. The standard InChI is InChI=1S/C18H26FNO3/c1-2-22-17-13-16(21)18(17)7-9-20(10-8-18)11-12-23-15-5-3-14(19)4-6-15/h3-6,16-17,21H,2,7-13H2,1H3. The van der Waals surface area contributed by atoms with Crippen molar-refractivity contribution in [3.8, 4) is 5.75 Å². The van der Waals surface area contributed by atoms with Gasteiger partial charge in [0.25, 0.3) is 0 Å². The molecule has 1 N–H and O–H groups in total. The second kappa shape index (κ2) is 7.16. The smallest absolute Gasteiger partial charge is 0.123 e. The van der Waals surface area contributed by atoms with Crippen molar-refractivity contribution in [2.45, 2.75) is 38.4 Å². The molecule has 1 aromatic carbocycles. The molecule has 1 aliphatic carbocycles. The van der Waals surface area contributed by atoms with Gasteiger partial charge in [-0.25, -0.2) is 4.39 Å². The molecule has 2 aliphatic rings. The molecule has 0 amide bonds. The Morgan fingerprint density at radius 1 is 1.26 bits per heavy atom. The normalized spacial score (nSPS) is 26.9. The van der Waals surface area contributed by atoms with Crippen molar-refractivity contribution in [1.82, 2.24) is 4.90 Å². The van der Waals surface area contributed by atoms with Gasteiger partial charge >= 0.3 is 0 Å². The average molecular weight is 323 g/mol. The van der Waals surface area contributed by atoms with Gasteiger partial charge in [-0.15, -0.1) is 0 Å². The second-order valence-electron chi connectivity index (χ2n) is 6.57.